The van der Waals surface area contributed by atoms with Crippen LogP contribution in [-0.4, -0.2) is 17.1 Å². The number of nitrogens with zero attached hydrogens (tertiary/aromatic N) is 2. The topological polar surface area (TPSA) is 70.9 Å². The summed E-state index contributed by atoms with van der Waals surface area (Å²) in [6.45, 7) is 4.54. The number of fused-ring (bicyclic) bond motifs is 2. The Kier molecular flexibility index (Phi) is 5.95. The first kappa shape index (κ1) is 22.2. The summed E-state index contributed by atoms with van der Waals surface area (Å²) < 4.78 is 11.7. The number of nitrogens with one attached hydrogen (secondary N) is 1. The van der Waals surface area contributed by atoms with E-state index in [0.29, 0.717) is 29.5 Å². The fraction of sp³-hybridized carbons (Fsp3) is 0.133. The van der Waals surface area contributed by atoms with Crippen LogP contribution in [0.5, 0.6) is 11.5 Å². The molecule has 0 spiro atoms. The minimum atomic E-state index is 0.425. The van der Waals surface area contributed by atoms with Crippen molar-refractivity contribution >= 4 is 33.5 Å². The number of benzene rings is 4. The quantitative estimate of drug-likeness (QED) is 0.278. The van der Waals surface area contributed by atoms with Gasteiger partial charge >= 0.3 is 0 Å². The predicted molar refractivity (Wildman–Crippen MR) is 140 cm³/mol. The van der Waals surface area contributed by atoms with E-state index < -0.39 is 0 Å². The van der Waals surface area contributed by atoms with Crippen LogP contribution in [0.1, 0.15) is 28.1 Å². The summed E-state index contributed by atoms with van der Waals surface area (Å²) in [6, 6.07) is 26.5. The molecule has 5 rings (SSSR count). The van der Waals surface area contributed by atoms with Crippen LogP contribution in [-0.2, 0) is 6.61 Å². The molecule has 4 aromatic carbocycles. The highest BCUT2D eigenvalue weighted by molar-refractivity contribution is 5.91. The molecule has 1 N–H and O–H groups in total. The van der Waals surface area contributed by atoms with E-state index in [1.165, 1.54) is 21.9 Å². The van der Waals surface area contributed by atoms with Crippen molar-refractivity contribution in [2.24, 2.45) is 0 Å². The van der Waals surface area contributed by atoms with Crippen molar-refractivity contribution in [1.82, 2.24) is 9.97 Å². The smallest absolute Gasteiger partial charge is 0.161 e. The number of allylic oxidation sites excluding steroid dienone is 1. The molecule has 0 atom stereocenters. The van der Waals surface area contributed by atoms with Crippen molar-refractivity contribution in [2.75, 3.05) is 7.11 Å². The molecular weight excluding hydrogens is 434 g/mol. The molecule has 172 valence electrons. The van der Waals surface area contributed by atoms with Gasteiger partial charge in [-0.25, -0.2) is 4.98 Å². The number of hydrogen-bond donors (Lipinski definition) is 1. The molecule has 5 aromatic rings. The van der Waals surface area contributed by atoms with E-state index in [-0.39, 0.29) is 0 Å². The first-order valence-electron chi connectivity index (χ1n) is 11.4. The third-order valence-corrected chi connectivity index (χ3v) is 6.23. The van der Waals surface area contributed by atoms with Gasteiger partial charge in [0.25, 0.3) is 0 Å². The van der Waals surface area contributed by atoms with Gasteiger partial charge in [0, 0.05) is 0 Å². The largest absolute Gasteiger partial charge is 0.493 e. The second-order valence-corrected chi connectivity index (χ2v) is 8.55. The summed E-state index contributed by atoms with van der Waals surface area (Å²) in [5, 5.41) is 12.2. The number of rotatable bonds is 6. The lowest BCUT2D eigenvalue weighted by molar-refractivity contribution is 0.285. The molecule has 0 unspecified atom stereocenters. The van der Waals surface area contributed by atoms with Gasteiger partial charge < -0.3 is 14.5 Å². The van der Waals surface area contributed by atoms with E-state index in [9.17, 15) is 5.26 Å². The number of H-pyrrole nitrogens is 1. The molecule has 1 aromatic heterocycles. The number of methoxy groups -OCH3 is 1. The number of imidazole rings is 1. The fourth-order valence-electron chi connectivity index (χ4n) is 4.18. The highest BCUT2D eigenvalue weighted by atomic mass is 16.5. The zero-order valence-electron chi connectivity index (χ0n) is 19.9. The average molecular weight is 460 g/mol. The molecule has 0 aliphatic heterocycles. The van der Waals surface area contributed by atoms with Gasteiger partial charge in [-0.2, -0.15) is 5.26 Å². The number of aryl methyl sites for hydroxylation is 2. The third-order valence-electron chi connectivity index (χ3n) is 6.23. The molecule has 0 fully saturated rings. The Morgan fingerprint density at radius 2 is 1.77 bits per heavy atom. The van der Waals surface area contributed by atoms with E-state index in [0.717, 1.165) is 22.2 Å². The van der Waals surface area contributed by atoms with Crippen LogP contribution < -0.4 is 9.47 Å². The van der Waals surface area contributed by atoms with E-state index in [1.807, 2.05) is 42.5 Å². The number of aromatic amines is 1. The molecule has 0 amide bonds. The summed E-state index contributed by atoms with van der Waals surface area (Å²) in [4.78, 5) is 7.90. The molecule has 0 saturated carbocycles. The standard InChI is InChI=1S/C30H25N3O2/c1-19-13-26-27(14-20(19)2)33-30(32-26)24(17-31)15-21-11-12-28(29(16-21)34-3)35-18-23-9-6-8-22-7-4-5-10-25(22)23/h4-16H,18H2,1-3H3,(H,32,33)/b24-15+. The predicted octanol–water partition coefficient (Wildman–Crippen LogP) is 6.98. The van der Waals surface area contributed by atoms with Crippen molar-refractivity contribution in [3.8, 4) is 17.6 Å². The lowest BCUT2D eigenvalue weighted by atomic mass is 10.1. The Labute approximate surface area is 204 Å². The normalized spacial score (nSPS) is 11.5. The summed E-state index contributed by atoms with van der Waals surface area (Å²) in [7, 11) is 1.61. The Bertz CT molecular complexity index is 1580. The lowest BCUT2D eigenvalue weighted by Gasteiger charge is -2.13. The second-order valence-electron chi connectivity index (χ2n) is 8.55. The molecule has 1 heterocycles. The summed E-state index contributed by atoms with van der Waals surface area (Å²) in [6.07, 6.45) is 1.80. The number of ether oxygens (including phenoxy) is 2. The van der Waals surface area contributed by atoms with Crippen molar-refractivity contribution in [3.63, 3.8) is 0 Å². The number of nitriles is 1. The van der Waals surface area contributed by atoms with Crippen LogP contribution >= 0.6 is 0 Å². The van der Waals surface area contributed by atoms with Gasteiger partial charge in [0.1, 0.15) is 18.5 Å². The van der Waals surface area contributed by atoms with Crippen LogP contribution in [0.15, 0.2) is 72.8 Å². The first-order valence-corrected chi connectivity index (χ1v) is 11.4. The Morgan fingerprint density at radius 3 is 2.60 bits per heavy atom. The van der Waals surface area contributed by atoms with E-state index >= 15 is 0 Å². The van der Waals surface area contributed by atoms with E-state index in [1.54, 1.807) is 13.2 Å². The van der Waals surface area contributed by atoms with Crippen molar-refractivity contribution in [3.05, 3.63) is 101 Å². The van der Waals surface area contributed by atoms with Crippen LogP contribution in [0, 0.1) is 25.2 Å². The van der Waals surface area contributed by atoms with Gasteiger partial charge in [-0.15, -0.1) is 0 Å². The van der Waals surface area contributed by atoms with Crippen LogP contribution in [0.25, 0.3) is 33.5 Å². The molecule has 0 saturated heterocycles. The SMILES string of the molecule is COc1cc(/C=C(\C#N)c2nc3cc(C)c(C)cc3[nH]2)ccc1OCc1cccc2ccccc12. The molecule has 0 aliphatic carbocycles. The maximum Gasteiger partial charge on any atom is 0.161 e. The maximum atomic E-state index is 9.82. The van der Waals surface area contributed by atoms with Gasteiger partial charge in [-0.1, -0.05) is 48.5 Å². The van der Waals surface area contributed by atoms with Crippen molar-refractivity contribution < 1.29 is 9.47 Å². The van der Waals surface area contributed by atoms with Gasteiger partial charge in [-0.05, 0) is 77.2 Å². The van der Waals surface area contributed by atoms with Crippen LogP contribution in [0.3, 0.4) is 0 Å². The summed E-state index contributed by atoms with van der Waals surface area (Å²) in [5.74, 6) is 1.79. The van der Waals surface area contributed by atoms with Crippen LogP contribution in [0.4, 0.5) is 0 Å². The van der Waals surface area contributed by atoms with Crippen molar-refractivity contribution in [2.45, 2.75) is 20.5 Å². The minimum Gasteiger partial charge on any atom is -0.493 e. The highest BCUT2D eigenvalue weighted by Crippen LogP contribution is 2.31. The lowest BCUT2D eigenvalue weighted by Crippen LogP contribution is -1.99. The first-order chi connectivity index (χ1) is 17.1. The van der Waals surface area contributed by atoms with Crippen LogP contribution in [0.2, 0.25) is 0 Å². The average Bonchev–Trinajstić information content (AvgIpc) is 3.28. The fourth-order valence-corrected chi connectivity index (χ4v) is 4.18. The van der Waals surface area contributed by atoms with E-state index in [4.69, 9.17) is 9.47 Å². The number of hydrogen-bond acceptors (Lipinski definition) is 4. The zero-order chi connectivity index (χ0) is 24.4. The molecule has 5 heteroatoms. The molecular formula is C30H25N3O2. The minimum absolute atomic E-state index is 0.425. The Hall–Kier alpha value is -4.56. The maximum absolute atomic E-state index is 9.82. The van der Waals surface area contributed by atoms with Gasteiger partial charge in [0.15, 0.2) is 11.5 Å². The highest BCUT2D eigenvalue weighted by Gasteiger charge is 2.11. The molecule has 0 bridgehead atoms. The zero-order valence-corrected chi connectivity index (χ0v) is 19.9. The molecule has 5 nitrogen and oxygen atoms in total. The summed E-state index contributed by atoms with van der Waals surface area (Å²) >= 11 is 0. The van der Waals surface area contributed by atoms with Gasteiger partial charge in [0.05, 0.1) is 23.7 Å². The second kappa shape index (κ2) is 9.36. The van der Waals surface area contributed by atoms with Gasteiger partial charge in [-0.3, -0.25) is 0 Å². The van der Waals surface area contributed by atoms with E-state index in [2.05, 4.69) is 60.2 Å². The summed E-state index contributed by atoms with van der Waals surface area (Å²) in [5.41, 5.74) is 6.49. The molecule has 0 radical (unpaired) electrons. The number of aromatic nitrogens is 2. The monoisotopic (exact) mass is 459 g/mol. The molecule has 0 aliphatic rings. The van der Waals surface area contributed by atoms with Gasteiger partial charge in [0.2, 0.25) is 0 Å². The third kappa shape index (κ3) is 4.47. The molecule has 35 heavy (non-hydrogen) atoms. The van der Waals surface area contributed by atoms with Crippen molar-refractivity contribution in [1.29, 1.82) is 5.26 Å². The Balaban J connectivity index is 1.41. The Morgan fingerprint density at radius 1 is 0.971 bits per heavy atom.